The maximum atomic E-state index is 9.67. The lowest BCUT2D eigenvalue weighted by Crippen LogP contribution is -2.23. The molecule has 264 valence electrons. The van der Waals surface area contributed by atoms with Crippen molar-refractivity contribution in [2.24, 2.45) is 0 Å². The van der Waals surface area contributed by atoms with Crippen LogP contribution in [0.2, 0.25) is 0 Å². The van der Waals surface area contributed by atoms with E-state index < -0.39 is 7.54 Å². The molecule has 4 aromatic carbocycles. The predicted octanol–water partition coefficient (Wildman–Crippen LogP) is 11.5. The number of hydrogen-bond donors (Lipinski definition) is 0. The van der Waals surface area contributed by atoms with E-state index in [1.54, 1.807) is 0 Å². The van der Waals surface area contributed by atoms with Crippen molar-refractivity contribution in [1.82, 2.24) is 0 Å². The summed E-state index contributed by atoms with van der Waals surface area (Å²) in [5, 5.41) is 2.53. The number of rotatable bonds is 3. The van der Waals surface area contributed by atoms with Crippen LogP contribution in [0, 0.1) is 0 Å². The summed E-state index contributed by atoms with van der Waals surface area (Å²) >= 11 is 0. The highest BCUT2D eigenvalue weighted by Crippen LogP contribution is 2.48. The van der Waals surface area contributed by atoms with E-state index in [1.807, 2.05) is 0 Å². The average molecular weight is 697 g/mol. The highest BCUT2D eigenvalue weighted by Gasteiger charge is 2.39. The van der Waals surface area contributed by atoms with Crippen LogP contribution < -0.4 is 9.80 Å². The summed E-state index contributed by atoms with van der Waals surface area (Å²) in [5.41, 5.74) is 13.2. The van der Waals surface area contributed by atoms with Crippen molar-refractivity contribution >= 4 is 41.1 Å². The third-order valence-corrected chi connectivity index (χ3v) is 10.5. The minimum atomic E-state index is -3.67. The molecule has 0 bridgehead atoms. The van der Waals surface area contributed by atoms with Crippen LogP contribution >= 0.6 is 0 Å². The van der Waals surface area contributed by atoms with Crippen LogP contribution in [-0.4, -0.2) is 39.0 Å². The van der Waals surface area contributed by atoms with Crippen LogP contribution in [-0.2, 0) is 10.8 Å². The molecule has 0 atom stereocenters. The van der Waals surface area contributed by atoms with Gasteiger partial charge in [0.2, 0.25) is 11.4 Å². The maximum absolute atomic E-state index is 9.67. The Bertz CT molecular complexity index is 1970. The molecule has 7 rings (SSSR count). The fourth-order valence-corrected chi connectivity index (χ4v) is 7.94. The molecular weight excluding hydrogens is 652 g/mol. The molecule has 0 aromatic heterocycles. The summed E-state index contributed by atoms with van der Waals surface area (Å²) in [7, 11) is 2.97. The van der Waals surface area contributed by atoms with Crippen LogP contribution in [0.4, 0.5) is 39.2 Å². The van der Waals surface area contributed by atoms with E-state index in [1.165, 1.54) is 67.2 Å². The van der Waals surface area contributed by atoms with Gasteiger partial charge in [-0.25, -0.2) is 0 Å². The lowest BCUT2D eigenvalue weighted by Gasteiger charge is -2.24. The van der Waals surface area contributed by atoms with Gasteiger partial charge in [0.15, 0.2) is 0 Å². The number of halogens is 5. The van der Waals surface area contributed by atoms with Gasteiger partial charge in [0.1, 0.15) is 7.05 Å². The molecule has 1 fully saturated rings. The van der Waals surface area contributed by atoms with Crippen molar-refractivity contribution in [2.45, 2.75) is 51.4 Å². The molecule has 0 N–H and O–H groups in total. The van der Waals surface area contributed by atoms with Crippen LogP contribution in [0.3, 0.4) is 0 Å². The molecular formula is C42H44BF5N3+. The number of hydrogen-bond acceptors (Lipinski definition) is 2. The summed E-state index contributed by atoms with van der Waals surface area (Å²) < 4.78 is 47.4. The Kier molecular flexibility index (Phi) is 11.1. The van der Waals surface area contributed by atoms with Gasteiger partial charge in [-0.3, -0.25) is 12.9 Å². The minimum Gasteiger partial charge on any atom is -0.347 e. The smallest absolute Gasteiger partial charge is 0.347 e. The Morgan fingerprint density at radius 1 is 0.608 bits per heavy atom. The monoisotopic (exact) mass is 696 g/mol. The van der Waals surface area contributed by atoms with Gasteiger partial charge in [0.25, 0.3) is 0 Å². The number of allylic oxidation sites excluding steroid dienone is 8. The normalized spacial score (nSPS) is 20.0. The highest BCUT2D eigenvalue weighted by atomic mass is 20.0. The van der Waals surface area contributed by atoms with E-state index >= 15 is 0 Å². The van der Waals surface area contributed by atoms with Gasteiger partial charge in [-0.05, 0) is 65.1 Å². The molecule has 2 heterocycles. The van der Waals surface area contributed by atoms with Crippen LogP contribution in [0.25, 0.3) is 10.8 Å². The number of para-hydroxylation sites is 2. The van der Waals surface area contributed by atoms with E-state index in [2.05, 4.69) is 179 Å². The molecule has 0 spiro atoms. The second kappa shape index (κ2) is 15.1. The standard InChI is InChI=1S/C42H44N3.BF3.F2/c1-41(2)34-16-10-12-18-36(34)44(6)38(41)26-23-30-20-21-31(24-27-39-42(3,4)35-17-11-13-19-37(35)45(39)7)40(30)43(5)33-25-22-29-14-8-9-15-32(29)28-33;2-1(3)4;1-2/h8-19,22-28H,20-21H2,1-7H3;;/q+1;;. The van der Waals surface area contributed by atoms with Gasteiger partial charge in [-0.1, -0.05) is 101 Å². The highest BCUT2D eigenvalue weighted by molar-refractivity contribution is 6.33. The van der Waals surface area contributed by atoms with E-state index in [9.17, 15) is 12.9 Å². The van der Waals surface area contributed by atoms with Gasteiger partial charge in [0.05, 0.1) is 0 Å². The SMILES string of the molecule is CN1C(=CC=C2CCC(=CC=C3N(C)c4ccccc4C3(C)C)C2=[N+](C)c2ccc3ccccc3c2)C(C)(C)c2ccccc21.FB(F)F.FF. The third kappa shape index (κ3) is 7.16. The number of nitrogens with zero attached hydrogens (tertiary/aromatic N) is 3. The van der Waals surface area contributed by atoms with Crippen molar-refractivity contribution in [1.29, 1.82) is 0 Å². The molecule has 51 heavy (non-hydrogen) atoms. The molecule has 3 aliphatic rings. The first-order chi connectivity index (χ1) is 24.3. The Balaban J connectivity index is 0.000000787. The zero-order chi connectivity index (χ0) is 37.1. The Labute approximate surface area is 298 Å². The van der Waals surface area contributed by atoms with Crippen molar-refractivity contribution in [3.8, 4) is 0 Å². The summed E-state index contributed by atoms with van der Waals surface area (Å²) in [5.74, 6) is 0. The quantitative estimate of drug-likeness (QED) is 0.120. The van der Waals surface area contributed by atoms with Crippen molar-refractivity contribution in [2.75, 3.05) is 30.9 Å². The second-order valence-electron chi connectivity index (χ2n) is 14.1. The number of likely N-dealkylation sites (N-methyl/N-ethyl adjacent to an activating group) is 2. The Morgan fingerprint density at radius 2 is 1.02 bits per heavy atom. The zero-order valence-corrected chi connectivity index (χ0v) is 30.2. The fourth-order valence-electron chi connectivity index (χ4n) is 7.94. The molecule has 1 saturated carbocycles. The van der Waals surface area contributed by atoms with Crippen molar-refractivity contribution in [3.63, 3.8) is 0 Å². The fraction of sp³-hybridized carbons (Fsp3) is 0.262. The van der Waals surface area contributed by atoms with Crippen molar-refractivity contribution < 1.29 is 26.7 Å². The Morgan fingerprint density at radius 3 is 1.47 bits per heavy atom. The maximum Gasteiger partial charge on any atom is 0.762 e. The van der Waals surface area contributed by atoms with Crippen LogP contribution in [0.15, 0.2) is 138 Å². The first kappa shape index (κ1) is 37.3. The first-order valence-corrected chi connectivity index (χ1v) is 17.0. The Hall–Kier alpha value is -4.92. The van der Waals surface area contributed by atoms with Crippen LogP contribution in [0.5, 0.6) is 0 Å². The molecule has 2 aliphatic heterocycles. The van der Waals surface area contributed by atoms with E-state index in [4.69, 9.17) is 9.15 Å². The summed E-state index contributed by atoms with van der Waals surface area (Å²) in [6, 6.07) is 33.1. The van der Waals surface area contributed by atoms with Gasteiger partial charge in [0, 0.05) is 80.1 Å². The topological polar surface area (TPSA) is 9.49 Å². The molecule has 3 nitrogen and oxygen atoms in total. The largest absolute Gasteiger partial charge is 0.762 e. The molecule has 0 unspecified atom stereocenters. The minimum absolute atomic E-state index is 0.0534. The van der Waals surface area contributed by atoms with Crippen LogP contribution in [0.1, 0.15) is 51.7 Å². The molecule has 0 saturated heterocycles. The molecule has 0 amide bonds. The average Bonchev–Trinajstić information content (AvgIpc) is 3.68. The second-order valence-corrected chi connectivity index (χ2v) is 14.1. The first-order valence-electron chi connectivity index (χ1n) is 17.0. The lowest BCUT2D eigenvalue weighted by atomic mass is 9.83. The zero-order valence-electron chi connectivity index (χ0n) is 30.2. The van der Waals surface area contributed by atoms with Gasteiger partial charge in [-0.15, -0.1) is 0 Å². The third-order valence-electron chi connectivity index (χ3n) is 10.5. The predicted molar refractivity (Wildman–Crippen MR) is 203 cm³/mol. The summed E-state index contributed by atoms with van der Waals surface area (Å²) in [6.45, 7) is 9.37. The van der Waals surface area contributed by atoms with Gasteiger partial charge in [-0.2, -0.15) is 4.58 Å². The lowest BCUT2D eigenvalue weighted by molar-refractivity contribution is -0.403. The van der Waals surface area contributed by atoms with E-state index in [0.29, 0.717) is 0 Å². The van der Waals surface area contributed by atoms with Gasteiger partial charge >= 0.3 is 7.54 Å². The number of benzene rings is 4. The number of fused-ring (bicyclic) bond motifs is 3. The van der Waals surface area contributed by atoms with E-state index in [-0.39, 0.29) is 10.8 Å². The number of anilines is 2. The summed E-state index contributed by atoms with van der Waals surface area (Å²) in [4.78, 5) is 4.73. The molecule has 9 heteroatoms. The van der Waals surface area contributed by atoms with Crippen molar-refractivity contribution in [3.05, 3.63) is 149 Å². The molecule has 0 radical (unpaired) electrons. The molecule has 1 aliphatic carbocycles. The van der Waals surface area contributed by atoms with Gasteiger partial charge < -0.3 is 9.80 Å². The molecule has 4 aromatic rings. The van der Waals surface area contributed by atoms with E-state index in [0.717, 1.165) is 12.8 Å². The summed E-state index contributed by atoms with van der Waals surface area (Å²) in [6.07, 6.45) is 11.6.